The topological polar surface area (TPSA) is 61.9 Å². The fourth-order valence-corrected chi connectivity index (χ4v) is 4.47. The van der Waals surface area contributed by atoms with Crippen molar-refractivity contribution in [2.75, 3.05) is 45.9 Å². The molecule has 3 heterocycles. The predicted octanol–water partition coefficient (Wildman–Crippen LogP) is 1.43. The third-order valence-corrected chi connectivity index (χ3v) is 6.00. The molecule has 3 fully saturated rings. The summed E-state index contributed by atoms with van der Waals surface area (Å²) in [6.45, 7) is 4.53. The fraction of sp³-hybridized carbons (Fsp3) is 0.579. The molecule has 3 aliphatic heterocycles. The molecule has 134 valence electrons. The first kappa shape index (κ1) is 16.4. The number of benzene rings is 1. The number of hydrogen-bond donors (Lipinski definition) is 1. The first-order valence-corrected chi connectivity index (χ1v) is 9.15. The molecule has 1 N–H and O–H groups in total. The van der Waals surface area contributed by atoms with Crippen molar-refractivity contribution in [1.29, 1.82) is 0 Å². The van der Waals surface area contributed by atoms with Gasteiger partial charge < -0.3 is 19.9 Å². The standard InChI is InChI=1S/C19H25N3O3/c23-17-19(16(14-20-17)15-4-2-1-3-5-15)6-8-21(9-7-19)18(24)22-10-12-25-13-11-22/h1-5,16H,6-14H2,(H,20,23). The number of piperidine rings is 1. The third-order valence-electron chi connectivity index (χ3n) is 6.00. The van der Waals surface area contributed by atoms with Crippen molar-refractivity contribution in [3.8, 4) is 0 Å². The van der Waals surface area contributed by atoms with Crippen LogP contribution in [0.25, 0.3) is 0 Å². The lowest BCUT2D eigenvalue weighted by atomic mass is 9.68. The van der Waals surface area contributed by atoms with Crippen LogP contribution in [0.5, 0.6) is 0 Å². The van der Waals surface area contributed by atoms with E-state index >= 15 is 0 Å². The second kappa shape index (κ2) is 6.67. The summed E-state index contributed by atoms with van der Waals surface area (Å²) in [5.41, 5.74) is 0.845. The van der Waals surface area contributed by atoms with Gasteiger partial charge in [0.15, 0.2) is 0 Å². The van der Waals surface area contributed by atoms with Crippen molar-refractivity contribution in [3.63, 3.8) is 0 Å². The zero-order valence-electron chi connectivity index (χ0n) is 14.4. The average molecular weight is 343 g/mol. The molecule has 1 aromatic rings. The molecular weight excluding hydrogens is 318 g/mol. The molecule has 1 aromatic carbocycles. The molecular formula is C19H25N3O3. The van der Waals surface area contributed by atoms with E-state index in [4.69, 9.17) is 4.74 Å². The van der Waals surface area contributed by atoms with Gasteiger partial charge in [-0.1, -0.05) is 30.3 Å². The van der Waals surface area contributed by atoms with Crippen LogP contribution in [0.2, 0.25) is 0 Å². The smallest absolute Gasteiger partial charge is 0.320 e. The lowest BCUT2D eigenvalue weighted by Gasteiger charge is -2.42. The number of likely N-dealkylation sites (tertiary alicyclic amines) is 1. The van der Waals surface area contributed by atoms with Crippen LogP contribution in [0, 0.1) is 5.41 Å². The molecule has 1 atom stereocenters. The Balaban J connectivity index is 1.47. The van der Waals surface area contributed by atoms with Gasteiger partial charge in [-0.2, -0.15) is 0 Å². The maximum Gasteiger partial charge on any atom is 0.320 e. The van der Waals surface area contributed by atoms with Gasteiger partial charge in [0, 0.05) is 38.6 Å². The highest BCUT2D eigenvalue weighted by atomic mass is 16.5. The van der Waals surface area contributed by atoms with Crippen LogP contribution >= 0.6 is 0 Å². The van der Waals surface area contributed by atoms with E-state index in [1.165, 1.54) is 5.56 Å². The van der Waals surface area contributed by atoms with Crippen molar-refractivity contribution in [3.05, 3.63) is 35.9 Å². The number of urea groups is 1. The SMILES string of the molecule is O=C(N1CCOCC1)N1CCC2(CC1)C(=O)NCC2c1ccccc1. The molecule has 0 bridgehead atoms. The van der Waals surface area contributed by atoms with Crippen molar-refractivity contribution >= 4 is 11.9 Å². The maximum absolute atomic E-state index is 12.7. The Bertz CT molecular complexity index is 635. The van der Waals surface area contributed by atoms with Gasteiger partial charge in [-0.15, -0.1) is 0 Å². The Morgan fingerprint density at radius 3 is 2.36 bits per heavy atom. The van der Waals surface area contributed by atoms with E-state index in [-0.39, 0.29) is 23.3 Å². The number of nitrogens with zero attached hydrogens (tertiary/aromatic N) is 2. The van der Waals surface area contributed by atoms with Gasteiger partial charge in [0.05, 0.1) is 18.6 Å². The largest absolute Gasteiger partial charge is 0.378 e. The lowest BCUT2D eigenvalue weighted by molar-refractivity contribution is -0.130. The van der Waals surface area contributed by atoms with Crippen LogP contribution in [0.3, 0.4) is 0 Å². The summed E-state index contributed by atoms with van der Waals surface area (Å²) < 4.78 is 5.33. The zero-order chi connectivity index (χ0) is 17.3. The van der Waals surface area contributed by atoms with Crippen molar-refractivity contribution in [2.24, 2.45) is 5.41 Å². The maximum atomic E-state index is 12.7. The number of hydrogen-bond acceptors (Lipinski definition) is 3. The van der Waals surface area contributed by atoms with Crippen LogP contribution in [0.4, 0.5) is 4.79 Å². The van der Waals surface area contributed by atoms with E-state index < -0.39 is 0 Å². The normalized spacial score (nSPS) is 25.9. The molecule has 3 saturated heterocycles. The molecule has 6 nitrogen and oxygen atoms in total. The number of morpholine rings is 1. The summed E-state index contributed by atoms with van der Waals surface area (Å²) in [5, 5.41) is 3.07. The number of amides is 3. The average Bonchev–Trinajstić information content (AvgIpc) is 2.99. The van der Waals surface area contributed by atoms with Gasteiger partial charge in [0.25, 0.3) is 0 Å². The van der Waals surface area contributed by atoms with Gasteiger partial charge in [0.2, 0.25) is 5.91 Å². The minimum Gasteiger partial charge on any atom is -0.378 e. The number of carbonyl (C=O) groups excluding carboxylic acids is 2. The quantitative estimate of drug-likeness (QED) is 0.839. The molecule has 3 aliphatic rings. The molecule has 0 aromatic heterocycles. The van der Waals surface area contributed by atoms with E-state index in [1.807, 2.05) is 28.0 Å². The lowest BCUT2D eigenvalue weighted by Crippen LogP contribution is -2.53. The highest BCUT2D eigenvalue weighted by Gasteiger charge is 2.52. The van der Waals surface area contributed by atoms with E-state index in [2.05, 4.69) is 17.4 Å². The van der Waals surface area contributed by atoms with Gasteiger partial charge in [-0.25, -0.2) is 4.79 Å². The molecule has 6 heteroatoms. The molecule has 0 saturated carbocycles. The number of ether oxygens (including phenoxy) is 1. The number of rotatable bonds is 1. The highest BCUT2D eigenvalue weighted by Crippen LogP contribution is 2.47. The molecule has 0 aliphatic carbocycles. The Kier molecular flexibility index (Phi) is 4.37. The van der Waals surface area contributed by atoms with Gasteiger partial charge in [0.1, 0.15) is 0 Å². The Hall–Kier alpha value is -2.08. The second-order valence-corrected chi connectivity index (χ2v) is 7.20. The first-order valence-electron chi connectivity index (χ1n) is 9.15. The van der Waals surface area contributed by atoms with Gasteiger partial charge in [-0.05, 0) is 18.4 Å². The third kappa shape index (κ3) is 2.88. The molecule has 1 unspecified atom stereocenters. The zero-order valence-corrected chi connectivity index (χ0v) is 14.4. The van der Waals surface area contributed by atoms with E-state index in [1.54, 1.807) is 0 Å². The molecule has 3 amide bonds. The summed E-state index contributed by atoms with van der Waals surface area (Å²) in [4.78, 5) is 29.1. The Labute approximate surface area is 148 Å². The molecule has 0 radical (unpaired) electrons. The predicted molar refractivity (Wildman–Crippen MR) is 93.2 cm³/mol. The Morgan fingerprint density at radius 1 is 1.04 bits per heavy atom. The van der Waals surface area contributed by atoms with E-state index in [0.717, 1.165) is 12.8 Å². The van der Waals surface area contributed by atoms with E-state index in [0.29, 0.717) is 45.9 Å². The van der Waals surface area contributed by atoms with Crippen molar-refractivity contribution in [2.45, 2.75) is 18.8 Å². The molecule has 1 spiro atoms. The van der Waals surface area contributed by atoms with Crippen LogP contribution in [-0.4, -0.2) is 67.7 Å². The summed E-state index contributed by atoms with van der Waals surface area (Å²) in [7, 11) is 0. The number of carbonyl (C=O) groups is 2. The Morgan fingerprint density at radius 2 is 1.68 bits per heavy atom. The van der Waals surface area contributed by atoms with Gasteiger partial charge >= 0.3 is 6.03 Å². The van der Waals surface area contributed by atoms with Crippen LogP contribution in [0.1, 0.15) is 24.3 Å². The summed E-state index contributed by atoms with van der Waals surface area (Å²) in [6, 6.07) is 10.4. The van der Waals surface area contributed by atoms with Crippen LogP contribution in [-0.2, 0) is 9.53 Å². The van der Waals surface area contributed by atoms with Crippen molar-refractivity contribution < 1.29 is 14.3 Å². The first-order chi connectivity index (χ1) is 12.2. The summed E-state index contributed by atoms with van der Waals surface area (Å²) >= 11 is 0. The van der Waals surface area contributed by atoms with Crippen LogP contribution < -0.4 is 5.32 Å². The summed E-state index contributed by atoms with van der Waals surface area (Å²) in [6.07, 6.45) is 1.46. The fourth-order valence-electron chi connectivity index (χ4n) is 4.47. The molecule has 25 heavy (non-hydrogen) atoms. The second-order valence-electron chi connectivity index (χ2n) is 7.20. The minimum absolute atomic E-state index is 0.0906. The van der Waals surface area contributed by atoms with Crippen LogP contribution in [0.15, 0.2) is 30.3 Å². The van der Waals surface area contributed by atoms with Crippen molar-refractivity contribution in [1.82, 2.24) is 15.1 Å². The molecule has 4 rings (SSSR count). The minimum atomic E-state index is -0.372. The summed E-state index contributed by atoms with van der Waals surface area (Å²) in [5.74, 6) is 0.349. The monoisotopic (exact) mass is 343 g/mol. The van der Waals surface area contributed by atoms with E-state index in [9.17, 15) is 9.59 Å². The number of nitrogens with one attached hydrogen (secondary N) is 1. The van der Waals surface area contributed by atoms with Gasteiger partial charge in [-0.3, -0.25) is 4.79 Å². The highest BCUT2D eigenvalue weighted by molar-refractivity contribution is 5.87.